The van der Waals surface area contributed by atoms with Gasteiger partial charge < -0.3 is 4.74 Å². The molecule has 1 saturated carbocycles. The zero-order chi connectivity index (χ0) is 5.82. The number of rotatable bonds is 3. The van der Waals surface area contributed by atoms with Gasteiger partial charge in [0.15, 0.2) is 0 Å². The molecule has 0 atom stereocenters. The van der Waals surface area contributed by atoms with Gasteiger partial charge in [0.2, 0.25) is 0 Å². The van der Waals surface area contributed by atoms with E-state index >= 15 is 0 Å². The SMILES string of the molecule is FCCOC1C[CH]C1. The summed E-state index contributed by atoms with van der Waals surface area (Å²) in [7, 11) is 0. The topological polar surface area (TPSA) is 9.23 Å². The van der Waals surface area contributed by atoms with Gasteiger partial charge in [0, 0.05) is 0 Å². The average molecular weight is 117 g/mol. The van der Waals surface area contributed by atoms with Gasteiger partial charge in [-0.1, -0.05) is 0 Å². The Hall–Kier alpha value is -0.110. The molecule has 1 aliphatic rings. The van der Waals surface area contributed by atoms with E-state index in [2.05, 4.69) is 6.42 Å². The molecule has 1 radical (unpaired) electrons. The number of hydrogen-bond donors (Lipinski definition) is 0. The van der Waals surface area contributed by atoms with Crippen molar-refractivity contribution in [2.75, 3.05) is 13.3 Å². The van der Waals surface area contributed by atoms with Gasteiger partial charge in [-0.05, 0) is 19.3 Å². The normalized spacial score (nSPS) is 20.6. The third-order valence-corrected chi connectivity index (χ3v) is 1.29. The molecule has 0 bridgehead atoms. The van der Waals surface area contributed by atoms with E-state index in [9.17, 15) is 4.39 Å². The van der Waals surface area contributed by atoms with Crippen molar-refractivity contribution in [2.45, 2.75) is 18.9 Å². The molecule has 0 aromatic heterocycles. The molecule has 0 spiro atoms. The summed E-state index contributed by atoms with van der Waals surface area (Å²) in [6.45, 7) is -0.0744. The molecule has 1 fully saturated rings. The summed E-state index contributed by atoms with van der Waals surface area (Å²) in [5.41, 5.74) is 0. The Morgan fingerprint density at radius 2 is 2.38 bits per heavy atom. The Balaban J connectivity index is 1.86. The minimum Gasteiger partial charge on any atom is -0.375 e. The first kappa shape index (κ1) is 6.02. The van der Waals surface area contributed by atoms with E-state index in [1.807, 2.05) is 0 Å². The van der Waals surface area contributed by atoms with E-state index in [1.54, 1.807) is 0 Å². The zero-order valence-corrected chi connectivity index (χ0v) is 4.77. The fourth-order valence-corrected chi connectivity index (χ4v) is 0.650. The smallest absolute Gasteiger partial charge is 0.113 e. The van der Waals surface area contributed by atoms with Crippen LogP contribution in [-0.4, -0.2) is 19.4 Å². The third kappa shape index (κ3) is 1.44. The molecule has 8 heavy (non-hydrogen) atoms. The molecular weight excluding hydrogens is 107 g/mol. The Morgan fingerprint density at radius 1 is 1.62 bits per heavy atom. The summed E-state index contributed by atoms with van der Waals surface area (Å²) in [6.07, 6.45) is 4.51. The van der Waals surface area contributed by atoms with Crippen LogP contribution in [0, 0.1) is 6.42 Å². The molecule has 0 N–H and O–H groups in total. The van der Waals surface area contributed by atoms with E-state index in [-0.39, 0.29) is 13.3 Å². The van der Waals surface area contributed by atoms with E-state index in [4.69, 9.17) is 4.74 Å². The van der Waals surface area contributed by atoms with Crippen molar-refractivity contribution in [2.24, 2.45) is 0 Å². The second kappa shape index (κ2) is 3.02. The number of halogens is 1. The number of alkyl halides is 1. The van der Waals surface area contributed by atoms with Crippen molar-refractivity contribution in [3.63, 3.8) is 0 Å². The molecule has 0 heterocycles. The van der Waals surface area contributed by atoms with E-state index in [1.165, 1.54) is 0 Å². The molecule has 0 amide bonds. The number of hydrogen-bond acceptors (Lipinski definition) is 1. The first-order chi connectivity index (χ1) is 3.93. The van der Waals surface area contributed by atoms with Crippen LogP contribution in [0.3, 0.4) is 0 Å². The van der Waals surface area contributed by atoms with Crippen molar-refractivity contribution >= 4 is 0 Å². The first-order valence-corrected chi connectivity index (χ1v) is 2.92. The lowest BCUT2D eigenvalue weighted by atomic mass is 9.96. The van der Waals surface area contributed by atoms with Crippen molar-refractivity contribution in [3.8, 4) is 0 Å². The van der Waals surface area contributed by atoms with Crippen LogP contribution in [0.1, 0.15) is 12.8 Å². The molecule has 1 rings (SSSR count). The Labute approximate surface area is 48.8 Å². The second-order valence-corrected chi connectivity index (χ2v) is 1.94. The molecular formula is C6H10FO. The Morgan fingerprint density at radius 3 is 2.75 bits per heavy atom. The highest BCUT2D eigenvalue weighted by Gasteiger charge is 2.17. The molecule has 0 unspecified atom stereocenters. The molecule has 0 aromatic carbocycles. The van der Waals surface area contributed by atoms with Gasteiger partial charge in [0.1, 0.15) is 6.67 Å². The predicted octanol–water partition coefficient (Wildman–Crippen LogP) is 1.34. The van der Waals surface area contributed by atoms with Gasteiger partial charge in [-0.25, -0.2) is 4.39 Å². The lowest BCUT2D eigenvalue weighted by Crippen LogP contribution is -2.22. The molecule has 1 aliphatic carbocycles. The molecule has 0 aliphatic heterocycles. The summed E-state index contributed by atoms with van der Waals surface area (Å²) in [6, 6.07) is 0. The third-order valence-electron chi connectivity index (χ3n) is 1.29. The van der Waals surface area contributed by atoms with Crippen LogP contribution in [0.2, 0.25) is 0 Å². The minimum absolute atomic E-state index is 0.276. The van der Waals surface area contributed by atoms with Gasteiger partial charge in [-0.2, -0.15) is 0 Å². The van der Waals surface area contributed by atoms with Gasteiger partial charge in [-0.15, -0.1) is 0 Å². The summed E-state index contributed by atoms with van der Waals surface area (Å²) >= 11 is 0. The lowest BCUT2D eigenvalue weighted by Gasteiger charge is -2.24. The Bertz CT molecular complexity index is 61.5. The largest absolute Gasteiger partial charge is 0.375 e. The predicted molar refractivity (Wildman–Crippen MR) is 29.2 cm³/mol. The highest BCUT2D eigenvalue weighted by molar-refractivity contribution is 4.86. The van der Waals surface area contributed by atoms with Crippen molar-refractivity contribution in [1.82, 2.24) is 0 Å². The van der Waals surface area contributed by atoms with Gasteiger partial charge in [0.25, 0.3) is 0 Å². The fraction of sp³-hybridized carbons (Fsp3) is 0.833. The maximum atomic E-state index is 11.4. The molecule has 1 nitrogen and oxygen atoms in total. The Kier molecular flexibility index (Phi) is 2.27. The van der Waals surface area contributed by atoms with Crippen LogP contribution in [0.15, 0.2) is 0 Å². The number of ether oxygens (including phenoxy) is 1. The molecule has 47 valence electrons. The second-order valence-electron chi connectivity index (χ2n) is 1.94. The van der Waals surface area contributed by atoms with Crippen LogP contribution in [0.5, 0.6) is 0 Å². The lowest BCUT2D eigenvalue weighted by molar-refractivity contribution is 0.0188. The highest BCUT2D eigenvalue weighted by atomic mass is 19.1. The standard InChI is InChI=1S/C6H10FO/c7-4-5-8-6-2-1-3-6/h1,6H,2-5H2. The van der Waals surface area contributed by atoms with Crippen molar-refractivity contribution in [1.29, 1.82) is 0 Å². The molecule has 0 aromatic rings. The van der Waals surface area contributed by atoms with Crippen LogP contribution in [-0.2, 0) is 4.74 Å². The van der Waals surface area contributed by atoms with Gasteiger partial charge in [-0.3, -0.25) is 0 Å². The van der Waals surface area contributed by atoms with Crippen LogP contribution >= 0.6 is 0 Å². The minimum atomic E-state index is -0.351. The van der Waals surface area contributed by atoms with Crippen molar-refractivity contribution in [3.05, 3.63) is 6.42 Å². The van der Waals surface area contributed by atoms with Crippen LogP contribution < -0.4 is 0 Å². The first-order valence-electron chi connectivity index (χ1n) is 2.92. The van der Waals surface area contributed by atoms with E-state index in [0.29, 0.717) is 6.10 Å². The summed E-state index contributed by atoms with van der Waals surface area (Å²) in [4.78, 5) is 0. The van der Waals surface area contributed by atoms with Crippen LogP contribution in [0.4, 0.5) is 4.39 Å². The van der Waals surface area contributed by atoms with Crippen LogP contribution in [0.25, 0.3) is 0 Å². The quantitative estimate of drug-likeness (QED) is 0.542. The summed E-state index contributed by atoms with van der Waals surface area (Å²) in [5.74, 6) is 0. The van der Waals surface area contributed by atoms with E-state index in [0.717, 1.165) is 12.8 Å². The highest BCUT2D eigenvalue weighted by Crippen LogP contribution is 2.20. The zero-order valence-electron chi connectivity index (χ0n) is 4.77. The maximum absolute atomic E-state index is 11.4. The maximum Gasteiger partial charge on any atom is 0.113 e. The van der Waals surface area contributed by atoms with E-state index < -0.39 is 0 Å². The fourth-order valence-electron chi connectivity index (χ4n) is 0.650. The van der Waals surface area contributed by atoms with Gasteiger partial charge in [0.05, 0.1) is 12.7 Å². The van der Waals surface area contributed by atoms with Crippen molar-refractivity contribution < 1.29 is 9.13 Å². The molecule has 0 saturated heterocycles. The average Bonchev–Trinajstić information content (AvgIpc) is 1.63. The monoisotopic (exact) mass is 117 g/mol. The summed E-state index contributed by atoms with van der Waals surface area (Å²) < 4.78 is 16.4. The van der Waals surface area contributed by atoms with Gasteiger partial charge >= 0.3 is 0 Å². The summed E-state index contributed by atoms with van der Waals surface area (Å²) in [5, 5.41) is 0. The molecule has 2 heteroatoms.